The molecule has 0 amide bonds. The predicted molar refractivity (Wildman–Crippen MR) is 96.1 cm³/mol. The normalized spacial score (nSPS) is 18.3. The van der Waals surface area contributed by atoms with Gasteiger partial charge in [-0.2, -0.15) is 0 Å². The number of ketones is 1. The van der Waals surface area contributed by atoms with Crippen LogP contribution in [0.4, 0.5) is 0 Å². The standard InChI is InChI=1S/C21H22N2O/c1-14(21(24)18-13-22-19-11-5-4-10-17(18)19)23-20-12-6-8-15-7-2-3-9-16(15)20/h2-5,7,9-11,13-14,20,22-23H,6,8,12H2,1H3/p+1/t14-,20-/m1/s1. The molecule has 1 aliphatic carbocycles. The molecule has 24 heavy (non-hydrogen) atoms. The molecule has 1 heterocycles. The maximum Gasteiger partial charge on any atom is 0.221 e. The van der Waals surface area contributed by atoms with E-state index < -0.39 is 0 Å². The number of rotatable bonds is 4. The van der Waals surface area contributed by atoms with Gasteiger partial charge >= 0.3 is 0 Å². The van der Waals surface area contributed by atoms with Crippen LogP contribution in [0.5, 0.6) is 0 Å². The van der Waals surface area contributed by atoms with Gasteiger partial charge in [0, 0.05) is 34.6 Å². The van der Waals surface area contributed by atoms with Gasteiger partial charge in [-0.05, 0) is 31.4 Å². The predicted octanol–water partition coefficient (Wildman–Crippen LogP) is 3.38. The molecule has 4 rings (SSSR count). The van der Waals surface area contributed by atoms with Crippen molar-refractivity contribution in [3.63, 3.8) is 0 Å². The number of nitrogens with two attached hydrogens (primary N) is 1. The fourth-order valence-corrected chi connectivity index (χ4v) is 3.95. The number of para-hydroxylation sites is 1. The number of H-pyrrole nitrogens is 1. The smallest absolute Gasteiger partial charge is 0.221 e. The van der Waals surface area contributed by atoms with Crippen LogP contribution in [0.25, 0.3) is 10.9 Å². The van der Waals surface area contributed by atoms with E-state index >= 15 is 0 Å². The third-order valence-corrected chi connectivity index (χ3v) is 5.21. The second-order valence-corrected chi connectivity index (χ2v) is 6.79. The first-order chi connectivity index (χ1) is 11.7. The van der Waals surface area contributed by atoms with E-state index in [1.54, 1.807) is 0 Å². The monoisotopic (exact) mass is 319 g/mol. The van der Waals surface area contributed by atoms with E-state index in [-0.39, 0.29) is 11.8 Å². The zero-order valence-corrected chi connectivity index (χ0v) is 14.0. The van der Waals surface area contributed by atoms with Crippen molar-refractivity contribution in [2.45, 2.75) is 38.3 Å². The fourth-order valence-electron chi connectivity index (χ4n) is 3.95. The highest BCUT2D eigenvalue weighted by Gasteiger charge is 2.28. The van der Waals surface area contributed by atoms with Crippen molar-refractivity contribution in [3.8, 4) is 0 Å². The van der Waals surface area contributed by atoms with Crippen LogP contribution >= 0.6 is 0 Å². The molecular formula is C21H23N2O+. The molecule has 3 N–H and O–H groups in total. The van der Waals surface area contributed by atoms with Gasteiger partial charge in [-0.25, -0.2) is 0 Å². The highest BCUT2D eigenvalue weighted by Crippen LogP contribution is 2.27. The first-order valence-corrected chi connectivity index (χ1v) is 8.77. The van der Waals surface area contributed by atoms with Crippen LogP contribution in [0.2, 0.25) is 0 Å². The molecule has 2 atom stereocenters. The third-order valence-electron chi connectivity index (χ3n) is 5.21. The van der Waals surface area contributed by atoms with E-state index in [0.717, 1.165) is 29.3 Å². The minimum Gasteiger partial charge on any atom is -0.360 e. The molecule has 2 aromatic carbocycles. The first kappa shape index (κ1) is 15.2. The van der Waals surface area contributed by atoms with Gasteiger partial charge in [-0.1, -0.05) is 42.5 Å². The van der Waals surface area contributed by atoms with Gasteiger partial charge in [0.05, 0.1) is 0 Å². The first-order valence-electron chi connectivity index (χ1n) is 8.77. The molecule has 0 bridgehead atoms. The molecule has 1 aromatic heterocycles. The Labute approximate surface area is 142 Å². The van der Waals surface area contributed by atoms with Gasteiger partial charge in [0.2, 0.25) is 5.78 Å². The minimum atomic E-state index is -0.0830. The Morgan fingerprint density at radius 2 is 1.96 bits per heavy atom. The SMILES string of the molecule is C[C@@H]([NH2+][C@@H]1CCCc2ccccc21)C(=O)c1c[nH]c2ccccc12. The molecule has 0 fully saturated rings. The van der Waals surface area contributed by atoms with Crippen molar-refractivity contribution in [3.05, 3.63) is 71.4 Å². The topological polar surface area (TPSA) is 49.5 Å². The Bertz CT molecular complexity index is 880. The number of benzene rings is 2. The molecule has 3 heteroatoms. The number of aromatic nitrogens is 1. The number of fused-ring (bicyclic) bond motifs is 2. The number of nitrogens with one attached hydrogen (secondary N) is 1. The molecule has 3 nitrogen and oxygen atoms in total. The van der Waals surface area contributed by atoms with E-state index in [9.17, 15) is 4.79 Å². The second-order valence-electron chi connectivity index (χ2n) is 6.79. The number of aryl methyl sites for hydroxylation is 1. The molecule has 0 radical (unpaired) electrons. The van der Waals surface area contributed by atoms with Gasteiger partial charge in [0.1, 0.15) is 12.1 Å². The van der Waals surface area contributed by atoms with Gasteiger partial charge < -0.3 is 10.3 Å². The number of aromatic amines is 1. The van der Waals surface area contributed by atoms with Crippen LogP contribution in [0, 0.1) is 0 Å². The van der Waals surface area contributed by atoms with Crippen molar-refractivity contribution < 1.29 is 10.1 Å². The Morgan fingerprint density at radius 1 is 1.17 bits per heavy atom. The van der Waals surface area contributed by atoms with Crippen molar-refractivity contribution in [1.29, 1.82) is 0 Å². The van der Waals surface area contributed by atoms with Gasteiger partial charge in [0.25, 0.3) is 0 Å². The summed E-state index contributed by atoms with van der Waals surface area (Å²) in [5.41, 5.74) is 4.67. The summed E-state index contributed by atoms with van der Waals surface area (Å²) in [4.78, 5) is 16.2. The van der Waals surface area contributed by atoms with Crippen molar-refractivity contribution in [1.82, 2.24) is 4.98 Å². The lowest BCUT2D eigenvalue weighted by Gasteiger charge is -2.25. The Hall–Kier alpha value is -2.39. The summed E-state index contributed by atoms with van der Waals surface area (Å²) in [5, 5.41) is 3.27. The average Bonchev–Trinajstić information content (AvgIpc) is 3.05. The Kier molecular flexibility index (Phi) is 3.95. The van der Waals surface area contributed by atoms with Gasteiger partial charge in [-0.15, -0.1) is 0 Å². The van der Waals surface area contributed by atoms with Crippen LogP contribution < -0.4 is 5.32 Å². The van der Waals surface area contributed by atoms with Crippen molar-refractivity contribution >= 4 is 16.7 Å². The third kappa shape index (κ3) is 2.65. The second kappa shape index (κ2) is 6.25. The number of Topliss-reactive ketones (excluding diaryl/α,β-unsaturated/α-hetero) is 1. The van der Waals surface area contributed by atoms with Crippen LogP contribution in [0.1, 0.15) is 47.3 Å². The summed E-state index contributed by atoms with van der Waals surface area (Å²) < 4.78 is 0. The Balaban J connectivity index is 1.57. The molecule has 122 valence electrons. The number of carbonyl (C=O) groups is 1. The molecular weight excluding hydrogens is 296 g/mol. The summed E-state index contributed by atoms with van der Waals surface area (Å²) in [6.07, 6.45) is 5.35. The summed E-state index contributed by atoms with van der Waals surface area (Å²) in [6.45, 7) is 2.03. The van der Waals surface area contributed by atoms with Crippen molar-refractivity contribution in [2.75, 3.05) is 0 Å². The summed E-state index contributed by atoms with van der Waals surface area (Å²) in [6, 6.07) is 17.0. The highest BCUT2D eigenvalue weighted by atomic mass is 16.1. The molecule has 0 saturated heterocycles. The largest absolute Gasteiger partial charge is 0.360 e. The highest BCUT2D eigenvalue weighted by molar-refractivity contribution is 6.09. The number of hydrogen-bond donors (Lipinski definition) is 2. The minimum absolute atomic E-state index is 0.0830. The number of quaternary nitrogens is 1. The van der Waals surface area contributed by atoms with Gasteiger partial charge in [0.15, 0.2) is 0 Å². The quantitative estimate of drug-likeness (QED) is 0.712. The molecule has 0 aliphatic heterocycles. The zero-order valence-electron chi connectivity index (χ0n) is 14.0. The van der Waals surface area contributed by atoms with Crippen LogP contribution in [-0.2, 0) is 6.42 Å². The van der Waals surface area contributed by atoms with Crippen LogP contribution in [-0.4, -0.2) is 16.8 Å². The average molecular weight is 319 g/mol. The molecule has 1 aliphatic rings. The number of hydrogen-bond acceptors (Lipinski definition) is 1. The summed E-state index contributed by atoms with van der Waals surface area (Å²) >= 11 is 0. The van der Waals surface area contributed by atoms with E-state index in [2.05, 4.69) is 34.6 Å². The van der Waals surface area contributed by atoms with E-state index in [4.69, 9.17) is 0 Å². The van der Waals surface area contributed by atoms with Crippen molar-refractivity contribution in [2.24, 2.45) is 0 Å². The maximum atomic E-state index is 13.0. The van der Waals surface area contributed by atoms with Gasteiger partial charge in [-0.3, -0.25) is 4.79 Å². The lowest BCUT2D eigenvalue weighted by molar-refractivity contribution is -0.713. The summed E-state index contributed by atoms with van der Waals surface area (Å²) in [7, 11) is 0. The molecule has 0 saturated carbocycles. The lowest BCUT2D eigenvalue weighted by Crippen LogP contribution is -2.92. The number of carbonyl (C=O) groups excluding carboxylic acids is 1. The fraction of sp³-hybridized carbons (Fsp3) is 0.286. The lowest BCUT2D eigenvalue weighted by atomic mass is 9.87. The molecule has 3 aromatic rings. The Morgan fingerprint density at radius 3 is 2.88 bits per heavy atom. The molecule has 0 spiro atoms. The zero-order chi connectivity index (χ0) is 16.5. The summed E-state index contributed by atoms with van der Waals surface area (Å²) in [5.74, 6) is 0.204. The van der Waals surface area contributed by atoms with Crippen LogP contribution in [0.15, 0.2) is 54.7 Å². The van der Waals surface area contributed by atoms with E-state index in [1.165, 1.54) is 17.5 Å². The molecule has 0 unspecified atom stereocenters. The van der Waals surface area contributed by atoms with E-state index in [1.807, 2.05) is 37.4 Å². The maximum absolute atomic E-state index is 13.0. The van der Waals surface area contributed by atoms with Crippen LogP contribution in [0.3, 0.4) is 0 Å². The van der Waals surface area contributed by atoms with E-state index in [0.29, 0.717) is 6.04 Å².